The second-order valence-corrected chi connectivity index (χ2v) is 3.57. The first-order chi connectivity index (χ1) is 6.49. The Morgan fingerprint density at radius 3 is 2.50 bits per heavy atom. The van der Waals surface area contributed by atoms with Crippen LogP contribution in [0.3, 0.4) is 0 Å². The van der Waals surface area contributed by atoms with Gasteiger partial charge in [-0.05, 0) is 12.2 Å². The van der Waals surface area contributed by atoms with E-state index in [1.807, 2.05) is 14.0 Å². The zero-order chi connectivity index (χ0) is 10.9. The molecule has 1 aromatic rings. The van der Waals surface area contributed by atoms with Gasteiger partial charge in [0.15, 0.2) is 0 Å². The summed E-state index contributed by atoms with van der Waals surface area (Å²) in [4.78, 5) is 13.0. The predicted octanol–water partition coefficient (Wildman–Crippen LogP) is 1.04. The van der Waals surface area contributed by atoms with Gasteiger partial charge in [0.1, 0.15) is 5.82 Å². The van der Waals surface area contributed by atoms with Gasteiger partial charge in [0.05, 0.1) is 0 Å². The topological polar surface area (TPSA) is 43.1 Å². The van der Waals surface area contributed by atoms with Gasteiger partial charge < -0.3 is 9.47 Å². The third-order valence-corrected chi connectivity index (χ3v) is 2.40. The summed E-state index contributed by atoms with van der Waals surface area (Å²) in [7, 11) is 5.16. The highest BCUT2D eigenvalue weighted by atomic mass is 32.1. The van der Waals surface area contributed by atoms with Crippen molar-refractivity contribution in [1.29, 1.82) is 0 Å². The van der Waals surface area contributed by atoms with Crippen LogP contribution in [-0.4, -0.2) is 39.4 Å². The molecule has 0 aromatic carbocycles. The van der Waals surface area contributed by atoms with Crippen molar-refractivity contribution in [1.82, 2.24) is 19.2 Å². The number of aromatic nitrogens is 3. The molecule has 5 nitrogen and oxygen atoms in total. The highest BCUT2D eigenvalue weighted by Gasteiger charge is 2.13. The van der Waals surface area contributed by atoms with Crippen molar-refractivity contribution in [2.45, 2.75) is 13.3 Å². The van der Waals surface area contributed by atoms with E-state index in [1.54, 1.807) is 18.7 Å². The lowest BCUT2D eigenvalue weighted by molar-refractivity contribution is 0.215. The van der Waals surface area contributed by atoms with Crippen LogP contribution in [0.2, 0.25) is 0 Å². The van der Waals surface area contributed by atoms with E-state index in [9.17, 15) is 4.79 Å². The molecule has 0 spiro atoms. The molecular weight excluding hydrogens is 200 g/mol. The third kappa shape index (κ3) is 1.70. The first kappa shape index (κ1) is 10.9. The summed E-state index contributed by atoms with van der Waals surface area (Å²) in [6.45, 7) is 1.97. The van der Waals surface area contributed by atoms with Crippen LogP contribution in [0.1, 0.15) is 12.7 Å². The quantitative estimate of drug-likeness (QED) is 0.656. The monoisotopic (exact) mass is 214 g/mol. The van der Waals surface area contributed by atoms with Gasteiger partial charge >= 0.3 is 6.03 Å². The summed E-state index contributed by atoms with van der Waals surface area (Å²) in [5.74, 6) is 0.810. The van der Waals surface area contributed by atoms with Crippen LogP contribution in [0.25, 0.3) is 0 Å². The van der Waals surface area contributed by atoms with Crippen molar-refractivity contribution in [3.63, 3.8) is 0 Å². The minimum absolute atomic E-state index is 0.217. The van der Waals surface area contributed by atoms with Crippen LogP contribution in [0.15, 0.2) is 0 Å². The smallest absolute Gasteiger partial charge is 0.329 e. The second-order valence-electron chi connectivity index (χ2n) is 3.20. The van der Waals surface area contributed by atoms with Crippen molar-refractivity contribution in [2.24, 2.45) is 7.05 Å². The van der Waals surface area contributed by atoms with Gasteiger partial charge in [-0.15, -0.1) is 5.10 Å². The van der Waals surface area contributed by atoms with Crippen LogP contribution < -0.4 is 0 Å². The lowest BCUT2D eigenvalue weighted by atomic mass is 10.5. The molecule has 6 heteroatoms. The zero-order valence-electron chi connectivity index (χ0n) is 8.81. The fourth-order valence-electron chi connectivity index (χ4n) is 1.10. The maximum Gasteiger partial charge on any atom is 0.346 e. The molecule has 0 N–H and O–H groups in total. The molecule has 0 saturated carbocycles. The van der Waals surface area contributed by atoms with Crippen molar-refractivity contribution in [3.8, 4) is 0 Å². The summed E-state index contributed by atoms with van der Waals surface area (Å²) in [6.07, 6.45) is 0.758. The molecule has 1 heterocycles. The highest BCUT2D eigenvalue weighted by Crippen LogP contribution is 2.00. The molecule has 0 atom stereocenters. The molecule has 78 valence electrons. The number of carbonyl (C=O) groups excluding carboxylic acids is 1. The van der Waals surface area contributed by atoms with Crippen LogP contribution in [0.4, 0.5) is 4.79 Å². The van der Waals surface area contributed by atoms with Crippen LogP contribution in [0, 0.1) is 4.77 Å². The number of nitrogens with zero attached hydrogens (tertiary/aromatic N) is 4. The summed E-state index contributed by atoms with van der Waals surface area (Å²) in [5.41, 5.74) is 0. The Labute approximate surface area is 87.9 Å². The molecule has 0 radical (unpaired) electrons. The maximum atomic E-state index is 11.6. The Bertz CT molecular complexity index is 404. The number of carbonyl (C=O) groups is 1. The Morgan fingerprint density at radius 1 is 1.57 bits per heavy atom. The van der Waals surface area contributed by atoms with E-state index in [2.05, 4.69) is 5.10 Å². The predicted molar refractivity (Wildman–Crippen MR) is 55.9 cm³/mol. The van der Waals surface area contributed by atoms with Crippen molar-refractivity contribution in [2.75, 3.05) is 14.1 Å². The first-order valence-electron chi connectivity index (χ1n) is 4.35. The van der Waals surface area contributed by atoms with Crippen LogP contribution in [0.5, 0.6) is 0 Å². The van der Waals surface area contributed by atoms with E-state index in [0.29, 0.717) is 4.77 Å². The normalized spacial score (nSPS) is 10.3. The first-order valence-corrected chi connectivity index (χ1v) is 4.76. The van der Waals surface area contributed by atoms with E-state index in [-0.39, 0.29) is 6.03 Å². The standard InChI is InChI=1S/C8H14N4OS/c1-5-6-9-12(7(13)10(2)3)8(14)11(6)4/h5H2,1-4H3. The number of rotatable bonds is 1. The summed E-state index contributed by atoms with van der Waals surface area (Å²) in [5, 5.41) is 4.13. The minimum Gasteiger partial charge on any atom is -0.329 e. The van der Waals surface area contributed by atoms with Gasteiger partial charge in [0.2, 0.25) is 4.77 Å². The van der Waals surface area contributed by atoms with Gasteiger partial charge in [0, 0.05) is 27.6 Å². The molecule has 0 unspecified atom stereocenters. The van der Waals surface area contributed by atoms with Crippen molar-refractivity contribution >= 4 is 18.2 Å². The van der Waals surface area contributed by atoms with E-state index in [0.717, 1.165) is 12.2 Å². The van der Waals surface area contributed by atoms with Crippen molar-refractivity contribution in [3.05, 3.63) is 10.6 Å². The Hall–Kier alpha value is -1.17. The molecule has 0 aliphatic heterocycles. The number of hydrogen-bond acceptors (Lipinski definition) is 3. The Balaban J connectivity index is 3.24. The average molecular weight is 214 g/mol. The number of amides is 1. The summed E-state index contributed by atoms with van der Waals surface area (Å²) < 4.78 is 3.42. The van der Waals surface area contributed by atoms with E-state index in [1.165, 1.54) is 9.58 Å². The largest absolute Gasteiger partial charge is 0.346 e. The molecule has 1 amide bonds. The van der Waals surface area contributed by atoms with E-state index in [4.69, 9.17) is 12.2 Å². The minimum atomic E-state index is -0.217. The maximum absolute atomic E-state index is 11.6. The third-order valence-electron chi connectivity index (χ3n) is 1.95. The number of hydrogen-bond donors (Lipinski definition) is 0. The molecule has 1 rings (SSSR count). The molecular formula is C8H14N4OS. The molecule has 0 aliphatic rings. The van der Waals surface area contributed by atoms with Crippen molar-refractivity contribution < 1.29 is 4.79 Å². The van der Waals surface area contributed by atoms with E-state index < -0.39 is 0 Å². The van der Waals surface area contributed by atoms with Crippen LogP contribution in [-0.2, 0) is 13.5 Å². The molecule has 14 heavy (non-hydrogen) atoms. The lowest BCUT2D eigenvalue weighted by Gasteiger charge is -2.08. The fourth-order valence-corrected chi connectivity index (χ4v) is 1.32. The number of aryl methyl sites for hydroxylation is 1. The SMILES string of the molecule is CCc1nn(C(=O)N(C)C)c(=S)n1C. The van der Waals surface area contributed by atoms with Gasteiger partial charge in [-0.3, -0.25) is 0 Å². The Kier molecular flexibility index (Phi) is 3.05. The summed E-state index contributed by atoms with van der Waals surface area (Å²) in [6, 6.07) is -0.217. The van der Waals surface area contributed by atoms with Gasteiger partial charge in [-0.2, -0.15) is 4.68 Å². The summed E-state index contributed by atoms with van der Waals surface area (Å²) >= 11 is 5.09. The van der Waals surface area contributed by atoms with Crippen LogP contribution >= 0.6 is 12.2 Å². The van der Waals surface area contributed by atoms with Gasteiger partial charge in [0.25, 0.3) is 0 Å². The Morgan fingerprint density at radius 2 is 2.14 bits per heavy atom. The molecule has 0 bridgehead atoms. The zero-order valence-corrected chi connectivity index (χ0v) is 9.63. The molecule has 1 aromatic heterocycles. The highest BCUT2D eigenvalue weighted by molar-refractivity contribution is 7.71. The molecule has 0 saturated heterocycles. The van der Waals surface area contributed by atoms with Gasteiger partial charge in [-0.1, -0.05) is 6.92 Å². The lowest BCUT2D eigenvalue weighted by Crippen LogP contribution is -2.28. The molecule has 0 aliphatic carbocycles. The second kappa shape index (κ2) is 3.91. The van der Waals surface area contributed by atoms with E-state index >= 15 is 0 Å². The van der Waals surface area contributed by atoms with Gasteiger partial charge in [-0.25, -0.2) is 4.79 Å². The fraction of sp³-hybridized carbons (Fsp3) is 0.625. The average Bonchev–Trinajstić information content (AvgIpc) is 2.43. The molecule has 0 fully saturated rings.